The fraction of sp³-hybridized carbons (Fsp3) is 0.368. The van der Waals surface area contributed by atoms with Gasteiger partial charge in [-0.05, 0) is 48.6 Å². The van der Waals surface area contributed by atoms with E-state index in [2.05, 4.69) is 5.32 Å². The number of carbonyl (C=O) groups excluding carboxylic acids is 2. The van der Waals surface area contributed by atoms with Crippen molar-refractivity contribution in [1.82, 2.24) is 5.32 Å². The number of benzene rings is 1. The predicted octanol–water partition coefficient (Wildman–Crippen LogP) is 2.53. The van der Waals surface area contributed by atoms with E-state index in [1.165, 1.54) is 24.3 Å². The Morgan fingerprint density at radius 2 is 2.07 bits per heavy atom. The van der Waals surface area contributed by atoms with Crippen molar-refractivity contribution in [3.05, 3.63) is 46.2 Å². The van der Waals surface area contributed by atoms with Crippen LogP contribution >= 0.6 is 11.3 Å². The number of nitrogens with zero attached hydrogens (tertiary/aromatic N) is 1. The Bertz CT molecular complexity index is 952. The molecule has 27 heavy (non-hydrogen) atoms. The summed E-state index contributed by atoms with van der Waals surface area (Å²) in [5.74, 6) is -0.344. The van der Waals surface area contributed by atoms with Crippen molar-refractivity contribution >= 4 is 38.7 Å². The molecular weight excluding hydrogens is 384 g/mol. The second-order valence-corrected chi connectivity index (χ2v) is 10.0. The molecule has 0 fully saturated rings. The molecule has 2 aromatic rings. The molecule has 3 rings (SSSR count). The van der Waals surface area contributed by atoms with Gasteiger partial charge in [0.05, 0.1) is 16.7 Å². The van der Waals surface area contributed by atoms with Gasteiger partial charge in [-0.2, -0.15) is 0 Å². The van der Waals surface area contributed by atoms with Gasteiger partial charge in [-0.15, -0.1) is 11.3 Å². The first-order chi connectivity index (χ1) is 12.8. The van der Waals surface area contributed by atoms with Gasteiger partial charge in [-0.1, -0.05) is 6.07 Å². The van der Waals surface area contributed by atoms with Crippen LogP contribution in [-0.4, -0.2) is 32.0 Å². The molecule has 0 radical (unpaired) electrons. The normalized spacial score (nSPS) is 14.7. The van der Waals surface area contributed by atoms with Crippen LogP contribution in [0.4, 0.5) is 5.69 Å². The first-order valence-corrected chi connectivity index (χ1v) is 11.2. The Hall–Kier alpha value is -2.19. The standard InChI is InChI=1S/C19H22N2O4S2/c1-13(10-19(23)20-12-16-4-3-9-26-16)27(24,25)17-5-6-18-15(11-17)7-8-21(18)14(2)22/h3-6,9,11,13H,7-8,10,12H2,1-2H3,(H,20,23)/t13-/m1/s1. The summed E-state index contributed by atoms with van der Waals surface area (Å²) in [6.45, 7) is 4.02. The molecule has 0 bridgehead atoms. The Morgan fingerprint density at radius 1 is 1.30 bits per heavy atom. The summed E-state index contributed by atoms with van der Waals surface area (Å²) in [4.78, 5) is 26.6. The first-order valence-electron chi connectivity index (χ1n) is 8.73. The van der Waals surface area contributed by atoms with Crippen molar-refractivity contribution in [3.8, 4) is 0 Å². The van der Waals surface area contributed by atoms with Crippen LogP contribution in [0.25, 0.3) is 0 Å². The van der Waals surface area contributed by atoms with Gasteiger partial charge >= 0.3 is 0 Å². The van der Waals surface area contributed by atoms with E-state index in [1.54, 1.807) is 24.0 Å². The maximum atomic E-state index is 12.9. The number of fused-ring (bicyclic) bond motifs is 1. The number of carbonyl (C=O) groups is 2. The van der Waals surface area contributed by atoms with Crippen LogP contribution in [0.15, 0.2) is 40.6 Å². The SMILES string of the molecule is CC(=O)N1CCc2cc(S(=O)(=O)[C@H](C)CC(=O)NCc3cccs3)ccc21. The predicted molar refractivity (Wildman–Crippen MR) is 106 cm³/mol. The average Bonchev–Trinajstić information content (AvgIpc) is 3.28. The van der Waals surface area contributed by atoms with Gasteiger partial charge in [-0.3, -0.25) is 9.59 Å². The van der Waals surface area contributed by atoms with E-state index in [0.29, 0.717) is 19.5 Å². The van der Waals surface area contributed by atoms with E-state index < -0.39 is 15.1 Å². The van der Waals surface area contributed by atoms with E-state index in [9.17, 15) is 18.0 Å². The summed E-state index contributed by atoms with van der Waals surface area (Å²) in [5, 5.41) is 3.86. The highest BCUT2D eigenvalue weighted by Crippen LogP contribution is 2.31. The van der Waals surface area contributed by atoms with Gasteiger partial charge in [0.1, 0.15) is 0 Å². The summed E-state index contributed by atoms with van der Waals surface area (Å²) in [6, 6.07) is 8.66. The Kier molecular flexibility index (Phi) is 5.67. The first kappa shape index (κ1) is 19.6. The monoisotopic (exact) mass is 406 g/mol. The fourth-order valence-electron chi connectivity index (χ4n) is 3.16. The van der Waals surface area contributed by atoms with Gasteiger partial charge in [0.15, 0.2) is 9.84 Å². The molecule has 0 saturated carbocycles. The lowest BCUT2D eigenvalue weighted by Gasteiger charge is -2.16. The van der Waals surface area contributed by atoms with Crippen molar-refractivity contribution in [2.24, 2.45) is 0 Å². The number of rotatable bonds is 6. The van der Waals surface area contributed by atoms with E-state index >= 15 is 0 Å². The molecular formula is C19H22N2O4S2. The average molecular weight is 407 g/mol. The molecule has 1 atom stereocenters. The summed E-state index contributed by atoms with van der Waals surface area (Å²) >= 11 is 1.54. The van der Waals surface area contributed by atoms with E-state index in [-0.39, 0.29) is 23.1 Å². The Morgan fingerprint density at radius 3 is 2.74 bits per heavy atom. The molecule has 8 heteroatoms. The highest BCUT2D eigenvalue weighted by Gasteiger charge is 2.29. The van der Waals surface area contributed by atoms with Gasteiger partial charge in [-0.25, -0.2) is 8.42 Å². The minimum absolute atomic E-state index is 0.0554. The second kappa shape index (κ2) is 7.82. The number of hydrogen-bond donors (Lipinski definition) is 1. The van der Waals surface area contributed by atoms with Gasteiger partial charge in [0.2, 0.25) is 11.8 Å². The highest BCUT2D eigenvalue weighted by molar-refractivity contribution is 7.92. The summed E-state index contributed by atoms with van der Waals surface area (Å²) in [7, 11) is -3.63. The molecule has 1 N–H and O–H groups in total. The molecule has 2 heterocycles. The zero-order chi connectivity index (χ0) is 19.6. The van der Waals surface area contributed by atoms with Gasteiger partial charge in [0, 0.05) is 30.5 Å². The minimum Gasteiger partial charge on any atom is -0.351 e. The van der Waals surface area contributed by atoms with Crippen molar-refractivity contribution < 1.29 is 18.0 Å². The van der Waals surface area contributed by atoms with Crippen molar-refractivity contribution in [3.63, 3.8) is 0 Å². The van der Waals surface area contributed by atoms with Crippen LogP contribution in [-0.2, 0) is 32.4 Å². The van der Waals surface area contributed by atoms with Crippen molar-refractivity contribution in [2.45, 2.75) is 43.4 Å². The van der Waals surface area contributed by atoms with Crippen LogP contribution in [0.3, 0.4) is 0 Å². The summed E-state index contributed by atoms with van der Waals surface area (Å²) in [6.07, 6.45) is 0.540. The topological polar surface area (TPSA) is 83.6 Å². The molecule has 2 amide bonds. The molecule has 0 spiro atoms. The smallest absolute Gasteiger partial charge is 0.223 e. The molecule has 1 aliphatic heterocycles. The van der Waals surface area contributed by atoms with Crippen LogP contribution in [0.2, 0.25) is 0 Å². The number of anilines is 1. The molecule has 1 aromatic heterocycles. The van der Waals surface area contributed by atoms with E-state index in [4.69, 9.17) is 0 Å². The third kappa shape index (κ3) is 4.22. The van der Waals surface area contributed by atoms with Crippen LogP contribution in [0, 0.1) is 0 Å². The Balaban J connectivity index is 1.68. The lowest BCUT2D eigenvalue weighted by molar-refractivity contribution is -0.121. The molecule has 144 valence electrons. The van der Waals surface area contributed by atoms with Crippen LogP contribution < -0.4 is 10.2 Å². The highest BCUT2D eigenvalue weighted by atomic mass is 32.2. The zero-order valence-electron chi connectivity index (χ0n) is 15.3. The quantitative estimate of drug-likeness (QED) is 0.799. The third-order valence-corrected chi connectivity index (χ3v) is 7.71. The molecule has 0 aliphatic carbocycles. The fourth-order valence-corrected chi connectivity index (χ4v) is 5.20. The lowest BCUT2D eigenvalue weighted by Crippen LogP contribution is -2.29. The van der Waals surface area contributed by atoms with Crippen molar-refractivity contribution in [1.29, 1.82) is 0 Å². The molecule has 1 aromatic carbocycles. The summed E-state index contributed by atoms with van der Waals surface area (Å²) in [5.41, 5.74) is 1.61. The second-order valence-electron chi connectivity index (χ2n) is 6.63. The van der Waals surface area contributed by atoms with E-state index in [0.717, 1.165) is 16.1 Å². The maximum absolute atomic E-state index is 12.9. The minimum atomic E-state index is -3.63. The molecule has 6 nitrogen and oxygen atoms in total. The number of thiophene rings is 1. The number of hydrogen-bond acceptors (Lipinski definition) is 5. The molecule has 1 aliphatic rings. The van der Waals surface area contributed by atoms with Crippen LogP contribution in [0.1, 0.15) is 30.7 Å². The number of nitrogens with one attached hydrogen (secondary N) is 1. The number of sulfone groups is 1. The molecule has 0 unspecified atom stereocenters. The zero-order valence-corrected chi connectivity index (χ0v) is 16.9. The largest absolute Gasteiger partial charge is 0.351 e. The third-order valence-electron chi connectivity index (χ3n) is 4.70. The summed E-state index contributed by atoms with van der Waals surface area (Å²) < 4.78 is 25.7. The van der Waals surface area contributed by atoms with E-state index in [1.807, 2.05) is 17.5 Å². The van der Waals surface area contributed by atoms with Gasteiger partial charge in [0.25, 0.3) is 0 Å². The lowest BCUT2D eigenvalue weighted by atomic mass is 10.2. The number of amides is 2. The molecule has 0 saturated heterocycles. The van der Waals surface area contributed by atoms with Crippen molar-refractivity contribution in [2.75, 3.05) is 11.4 Å². The van der Waals surface area contributed by atoms with Gasteiger partial charge < -0.3 is 10.2 Å². The maximum Gasteiger partial charge on any atom is 0.223 e. The Labute approximate surface area is 163 Å². The van der Waals surface area contributed by atoms with Crippen LogP contribution in [0.5, 0.6) is 0 Å².